The largest absolute Gasteiger partial charge is 0.317 e. The van der Waals surface area contributed by atoms with Crippen LogP contribution >= 0.6 is 0 Å². The van der Waals surface area contributed by atoms with Crippen LogP contribution in [0.3, 0.4) is 0 Å². The molecule has 1 aliphatic rings. The summed E-state index contributed by atoms with van der Waals surface area (Å²) in [6, 6.07) is 7.48. The van der Waals surface area contributed by atoms with Crippen LogP contribution in [-0.4, -0.2) is 28.3 Å². The first kappa shape index (κ1) is 15.0. The van der Waals surface area contributed by atoms with Gasteiger partial charge < -0.3 is 5.32 Å². The SMILES string of the molecule is Fc1cc(-c2ccncc2)c(-c2cn[nH]c2)cc1C1CCNCC1. The van der Waals surface area contributed by atoms with E-state index in [1.165, 1.54) is 0 Å². The number of piperidine rings is 1. The van der Waals surface area contributed by atoms with Crippen LogP contribution in [0.15, 0.2) is 49.1 Å². The van der Waals surface area contributed by atoms with Crippen LogP contribution in [0.1, 0.15) is 24.3 Å². The quantitative estimate of drug-likeness (QED) is 0.772. The zero-order valence-corrected chi connectivity index (χ0v) is 13.3. The molecule has 1 fully saturated rings. The second kappa shape index (κ2) is 6.53. The van der Waals surface area contributed by atoms with Crippen molar-refractivity contribution in [2.45, 2.75) is 18.8 Å². The van der Waals surface area contributed by atoms with Gasteiger partial charge in [0.2, 0.25) is 0 Å². The number of aromatic nitrogens is 3. The van der Waals surface area contributed by atoms with E-state index < -0.39 is 0 Å². The van der Waals surface area contributed by atoms with Crippen LogP contribution in [-0.2, 0) is 0 Å². The van der Waals surface area contributed by atoms with Gasteiger partial charge in [0.1, 0.15) is 5.82 Å². The van der Waals surface area contributed by atoms with Crippen molar-refractivity contribution in [2.75, 3.05) is 13.1 Å². The highest BCUT2D eigenvalue weighted by molar-refractivity contribution is 5.83. The molecule has 4 nitrogen and oxygen atoms in total. The lowest BCUT2D eigenvalue weighted by Gasteiger charge is -2.24. The summed E-state index contributed by atoms with van der Waals surface area (Å²) >= 11 is 0. The maximum atomic E-state index is 14.9. The molecule has 1 aliphatic heterocycles. The molecule has 0 unspecified atom stereocenters. The third-order valence-electron chi connectivity index (χ3n) is 4.72. The Bertz CT molecular complexity index is 809. The molecule has 1 saturated heterocycles. The van der Waals surface area contributed by atoms with Gasteiger partial charge in [-0.1, -0.05) is 0 Å². The molecule has 1 aromatic carbocycles. The minimum atomic E-state index is -0.124. The molecule has 2 aromatic heterocycles. The summed E-state index contributed by atoms with van der Waals surface area (Å²) in [6.07, 6.45) is 9.03. The minimum absolute atomic E-state index is 0.124. The smallest absolute Gasteiger partial charge is 0.127 e. The van der Waals surface area contributed by atoms with E-state index in [1.807, 2.05) is 24.4 Å². The molecule has 5 heteroatoms. The molecule has 24 heavy (non-hydrogen) atoms. The number of halogens is 1. The molecule has 4 rings (SSSR count). The van der Waals surface area contributed by atoms with E-state index in [1.54, 1.807) is 24.7 Å². The number of hydrogen-bond acceptors (Lipinski definition) is 3. The van der Waals surface area contributed by atoms with Crippen molar-refractivity contribution in [1.82, 2.24) is 20.5 Å². The monoisotopic (exact) mass is 322 g/mol. The second-order valence-electron chi connectivity index (χ2n) is 6.17. The number of aromatic amines is 1. The molecule has 2 N–H and O–H groups in total. The summed E-state index contributed by atoms with van der Waals surface area (Å²) in [5, 5.41) is 10.3. The number of nitrogens with zero attached hydrogens (tertiary/aromatic N) is 2. The summed E-state index contributed by atoms with van der Waals surface area (Å²) in [7, 11) is 0. The molecule has 0 amide bonds. The Kier molecular flexibility index (Phi) is 4.09. The van der Waals surface area contributed by atoms with Gasteiger partial charge in [0, 0.05) is 24.2 Å². The van der Waals surface area contributed by atoms with Crippen LogP contribution in [0.5, 0.6) is 0 Å². The highest BCUT2D eigenvalue weighted by atomic mass is 19.1. The molecule has 0 atom stereocenters. The second-order valence-corrected chi connectivity index (χ2v) is 6.17. The zero-order valence-electron chi connectivity index (χ0n) is 13.3. The van der Waals surface area contributed by atoms with Gasteiger partial charge in [0.05, 0.1) is 6.20 Å². The molecule has 0 aliphatic carbocycles. The van der Waals surface area contributed by atoms with Crippen molar-refractivity contribution in [2.24, 2.45) is 0 Å². The third kappa shape index (κ3) is 2.83. The Hall–Kier alpha value is -2.53. The highest BCUT2D eigenvalue weighted by Crippen LogP contribution is 2.37. The Morgan fingerprint density at radius 3 is 2.46 bits per heavy atom. The summed E-state index contributed by atoms with van der Waals surface area (Å²) in [5.74, 6) is 0.143. The first-order valence-electron chi connectivity index (χ1n) is 8.26. The van der Waals surface area contributed by atoms with Gasteiger partial charge in [0.25, 0.3) is 0 Å². The van der Waals surface area contributed by atoms with E-state index >= 15 is 0 Å². The van der Waals surface area contributed by atoms with Crippen molar-refractivity contribution in [1.29, 1.82) is 0 Å². The van der Waals surface area contributed by atoms with Crippen LogP contribution < -0.4 is 5.32 Å². The number of benzene rings is 1. The molecule has 3 heterocycles. The number of H-pyrrole nitrogens is 1. The maximum Gasteiger partial charge on any atom is 0.127 e. The number of hydrogen-bond donors (Lipinski definition) is 2. The maximum absolute atomic E-state index is 14.9. The number of rotatable bonds is 3. The predicted molar refractivity (Wildman–Crippen MR) is 92.1 cm³/mol. The molecule has 0 saturated carbocycles. The van der Waals surface area contributed by atoms with Gasteiger partial charge in [-0.3, -0.25) is 10.1 Å². The van der Waals surface area contributed by atoms with E-state index in [0.717, 1.165) is 53.7 Å². The number of nitrogens with one attached hydrogen (secondary N) is 2. The fraction of sp³-hybridized carbons (Fsp3) is 0.263. The van der Waals surface area contributed by atoms with Crippen molar-refractivity contribution in [3.05, 3.63) is 60.4 Å². The zero-order chi connectivity index (χ0) is 16.4. The van der Waals surface area contributed by atoms with Crippen molar-refractivity contribution < 1.29 is 4.39 Å². The minimum Gasteiger partial charge on any atom is -0.317 e. The Labute approximate surface area is 140 Å². The molecular formula is C19H19FN4. The van der Waals surface area contributed by atoms with Crippen LogP contribution in [0, 0.1) is 5.82 Å². The van der Waals surface area contributed by atoms with E-state index in [4.69, 9.17) is 0 Å². The lowest BCUT2D eigenvalue weighted by molar-refractivity contribution is 0.445. The van der Waals surface area contributed by atoms with Crippen LogP contribution in [0.25, 0.3) is 22.3 Å². The van der Waals surface area contributed by atoms with Gasteiger partial charge in [-0.2, -0.15) is 5.10 Å². The van der Waals surface area contributed by atoms with Gasteiger partial charge in [0.15, 0.2) is 0 Å². The summed E-state index contributed by atoms with van der Waals surface area (Å²) < 4.78 is 14.9. The fourth-order valence-corrected chi connectivity index (χ4v) is 3.44. The summed E-state index contributed by atoms with van der Waals surface area (Å²) in [6.45, 7) is 1.88. The molecule has 0 radical (unpaired) electrons. The molecule has 122 valence electrons. The average molecular weight is 322 g/mol. The Morgan fingerprint density at radius 2 is 1.75 bits per heavy atom. The average Bonchev–Trinajstić information content (AvgIpc) is 3.17. The summed E-state index contributed by atoms with van der Waals surface area (Å²) in [5.41, 5.74) is 4.61. The molecule has 3 aromatic rings. The third-order valence-corrected chi connectivity index (χ3v) is 4.72. The van der Waals surface area contributed by atoms with Gasteiger partial charge in [-0.15, -0.1) is 0 Å². The van der Waals surface area contributed by atoms with Crippen molar-refractivity contribution in [3.63, 3.8) is 0 Å². The van der Waals surface area contributed by atoms with Crippen molar-refractivity contribution >= 4 is 0 Å². The van der Waals surface area contributed by atoms with E-state index in [9.17, 15) is 4.39 Å². The van der Waals surface area contributed by atoms with Crippen molar-refractivity contribution in [3.8, 4) is 22.3 Å². The van der Waals surface area contributed by atoms with Gasteiger partial charge >= 0.3 is 0 Å². The van der Waals surface area contributed by atoms with Gasteiger partial charge in [-0.25, -0.2) is 4.39 Å². The van der Waals surface area contributed by atoms with Gasteiger partial charge in [-0.05, 0) is 78.4 Å². The van der Waals surface area contributed by atoms with Crippen LogP contribution in [0.2, 0.25) is 0 Å². The van der Waals surface area contributed by atoms with E-state index in [-0.39, 0.29) is 11.7 Å². The van der Waals surface area contributed by atoms with Crippen LogP contribution in [0.4, 0.5) is 4.39 Å². The highest BCUT2D eigenvalue weighted by Gasteiger charge is 2.21. The number of pyridine rings is 1. The molecular weight excluding hydrogens is 303 g/mol. The molecule has 0 bridgehead atoms. The normalized spacial score (nSPS) is 15.5. The lowest BCUT2D eigenvalue weighted by atomic mass is 9.85. The first-order chi connectivity index (χ1) is 11.8. The Balaban J connectivity index is 1.86. The fourth-order valence-electron chi connectivity index (χ4n) is 3.44. The van der Waals surface area contributed by atoms with E-state index in [2.05, 4.69) is 20.5 Å². The van der Waals surface area contributed by atoms with E-state index in [0.29, 0.717) is 0 Å². The topological polar surface area (TPSA) is 53.6 Å². The standard InChI is InChI=1S/C19H19FN4/c20-19-10-17(13-1-5-21-6-2-13)16(15-11-23-24-12-15)9-18(19)14-3-7-22-8-4-14/h1-2,5-6,9-12,14,22H,3-4,7-8H2,(H,23,24). The first-order valence-corrected chi connectivity index (χ1v) is 8.26. The predicted octanol–water partition coefficient (Wildman–Crippen LogP) is 3.74. The summed E-state index contributed by atoms with van der Waals surface area (Å²) in [4.78, 5) is 4.06. The lowest BCUT2D eigenvalue weighted by Crippen LogP contribution is -2.27. The molecule has 0 spiro atoms. The Morgan fingerprint density at radius 1 is 1.00 bits per heavy atom.